The molecule has 3 nitrogen and oxygen atoms in total. The first-order valence-corrected chi connectivity index (χ1v) is 10.8. The Hall–Kier alpha value is -3.07. The Kier molecular flexibility index (Phi) is 6.61. The second-order valence-corrected chi connectivity index (χ2v) is 7.70. The van der Waals surface area contributed by atoms with Crippen LogP contribution in [0, 0.1) is 6.92 Å². The van der Waals surface area contributed by atoms with Gasteiger partial charge in [-0.15, -0.1) is 0 Å². The van der Waals surface area contributed by atoms with Gasteiger partial charge in [0.2, 0.25) is 0 Å². The zero-order valence-electron chi connectivity index (χ0n) is 18.8. The number of nitrogens with zero attached hydrogens (tertiary/aromatic N) is 2. The van der Waals surface area contributed by atoms with E-state index in [2.05, 4.69) is 60.1 Å². The van der Waals surface area contributed by atoms with Crippen LogP contribution in [0.25, 0.3) is 5.70 Å². The van der Waals surface area contributed by atoms with Gasteiger partial charge in [0.05, 0.1) is 11.4 Å². The van der Waals surface area contributed by atoms with Crippen molar-refractivity contribution in [3.05, 3.63) is 107 Å². The molecule has 156 valence electrons. The van der Waals surface area contributed by atoms with E-state index < -0.39 is 0 Å². The molecule has 1 N–H and O–H groups in total. The number of allylic oxidation sites excluding steroid dienone is 2. The summed E-state index contributed by atoms with van der Waals surface area (Å²) in [6, 6.07) is 12.8. The highest BCUT2D eigenvalue weighted by Gasteiger charge is 2.29. The molecule has 1 aliphatic carbocycles. The summed E-state index contributed by atoms with van der Waals surface area (Å²) in [4.78, 5) is 6.98. The molecule has 1 aromatic carbocycles. The number of rotatable bonds is 5. The van der Waals surface area contributed by atoms with Crippen LogP contribution in [-0.4, -0.2) is 16.4 Å². The average Bonchev–Trinajstić information content (AvgIpc) is 2.78. The molecule has 1 aliphatic heterocycles. The second kappa shape index (κ2) is 9.17. The van der Waals surface area contributed by atoms with Gasteiger partial charge in [0.1, 0.15) is 0 Å². The molecule has 0 saturated carbocycles. The van der Waals surface area contributed by atoms with E-state index in [-0.39, 0.29) is 0 Å². The molecule has 2 heterocycles. The Morgan fingerprint density at radius 2 is 1.83 bits per heavy atom. The third-order valence-electron chi connectivity index (χ3n) is 5.76. The number of hydrogen-bond donors (Lipinski definition) is 1. The van der Waals surface area contributed by atoms with Crippen LogP contribution in [0.1, 0.15) is 48.8 Å². The van der Waals surface area contributed by atoms with Crippen LogP contribution in [0.5, 0.6) is 0 Å². The van der Waals surface area contributed by atoms with Crippen molar-refractivity contribution < 1.29 is 0 Å². The number of hydrogen-bond acceptors (Lipinski definition) is 3. The van der Waals surface area contributed by atoms with Gasteiger partial charge in [-0.1, -0.05) is 57.8 Å². The average molecular weight is 400 g/mol. The lowest BCUT2D eigenvalue weighted by Gasteiger charge is -2.40. The molecule has 4 rings (SSSR count). The molecule has 3 heteroatoms. The summed E-state index contributed by atoms with van der Waals surface area (Å²) in [6.45, 7) is 23.3. The Morgan fingerprint density at radius 1 is 1.07 bits per heavy atom. The third-order valence-corrected chi connectivity index (χ3v) is 5.76. The zero-order valence-corrected chi connectivity index (χ0v) is 18.8. The number of fused-ring (bicyclic) bond motifs is 1. The molecule has 0 unspecified atom stereocenters. The minimum absolute atomic E-state index is 0.743. The van der Waals surface area contributed by atoms with Crippen LogP contribution in [-0.2, 0) is 19.5 Å². The predicted octanol–water partition coefficient (Wildman–Crippen LogP) is 5.93. The van der Waals surface area contributed by atoms with Gasteiger partial charge < -0.3 is 10.2 Å². The van der Waals surface area contributed by atoms with Gasteiger partial charge in [0.25, 0.3) is 0 Å². The Balaban J connectivity index is 0.00000124. The van der Waals surface area contributed by atoms with E-state index in [0.29, 0.717) is 0 Å². The molecule has 0 spiro atoms. The van der Waals surface area contributed by atoms with Crippen LogP contribution in [0.3, 0.4) is 0 Å². The van der Waals surface area contributed by atoms with Crippen molar-refractivity contribution in [3.63, 3.8) is 0 Å². The van der Waals surface area contributed by atoms with E-state index in [0.717, 1.165) is 54.3 Å². The Morgan fingerprint density at radius 3 is 2.53 bits per heavy atom. The maximum Gasteiger partial charge on any atom is 0.0858 e. The summed E-state index contributed by atoms with van der Waals surface area (Å²) in [5.74, 6) is 0. The second-order valence-electron chi connectivity index (χ2n) is 7.70. The molecule has 0 fully saturated rings. The fourth-order valence-electron chi connectivity index (χ4n) is 4.03. The smallest absolute Gasteiger partial charge is 0.0858 e. The van der Waals surface area contributed by atoms with Crippen molar-refractivity contribution in [2.75, 3.05) is 6.54 Å². The van der Waals surface area contributed by atoms with Gasteiger partial charge in [-0.3, -0.25) is 4.98 Å². The molecule has 0 bridgehead atoms. The first kappa shape index (κ1) is 21.6. The number of pyridine rings is 1. The number of nitrogens with one attached hydrogen (secondary N) is 1. The van der Waals surface area contributed by atoms with Crippen molar-refractivity contribution in [1.29, 1.82) is 0 Å². The Bertz CT molecular complexity index is 1030. The van der Waals surface area contributed by atoms with Crippen LogP contribution < -0.4 is 5.32 Å². The molecule has 2 aliphatic rings. The van der Waals surface area contributed by atoms with Gasteiger partial charge in [-0.25, -0.2) is 0 Å². The molecular formula is C27H33N3. The fraction of sp³-hybridized carbons (Fsp3) is 0.296. The van der Waals surface area contributed by atoms with Crippen molar-refractivity contribution in [1.82, 2.24) is 15.2 Å². The van der Waals surface area contributed by atoms with Gasteiger partial charge in [0, 0.05) is 31.0 Å². The number of aromatic nitrogens is 1. The normalized spacial score (nSPS) is 15.1. The monoisotopic (exact) mass is 399 g/mol. The van der Waals surface area contributed by atoms with E-state index in [1.807, 2.05) is 39.0 Å². The maximum atomic E-state index is 4.53. The first-order valence-electron chi connectivity index (χ1n) is 10.8. The van der Waals surface area contributed by atoms with Crippen LogP contribution in [0.15, 0.2) is 78.6 Å². The summed E-state index contributed by atoms with van der Waals surface area (Å²) in [7, 11) is 0. The first-order chi connectivity index (χ1) is 14.4. The molecule has 2 aromatic rings. The van der Waals surface area contributed by atoms with E-state index in [4.69, 9.17) is 0 Å². The minimum Gasteiger partial charge on any atom is -0.380 e. The number of aryl methyl sites for hydroxylation is 1. The van der Waals surface area contributed by atoms with Crippen LogP contribution in [0.2, 0.25) is 0 Å². The van der Waals surface area contributed by atoms with Gasteiger partial charge in [-0.2, -0.15) is 0 Å². The molecular weight excluding hydrogens is 366 g/mol. The molecule has 0 saturated heterocycles. The van der Waals surface area contributed by atoms with Crippen molar-refractivity contribution in [2.24, 2.45) is 0 Å². The lowest BCUT2D eigenvalue weighted by atomic mass is 9.83. The predicted molar refractivity (Wildman–Crippen MR) is 128 cm³/mol. The highest BCUT2D eigenvalue weighted by atomic mass is 15.1. The molecule has 0 radical (unpaired) electrons. The highest BCUT2D eigenvalue weighted by molar-refractivity contribution is 5.66. The summed E-state index contributed by atoms with van der Waals surface area (Å²) >= 11 is 0. The summed E-state index contributed by atoms with van der Waals surface area (Å²) in [5.41, 5.74) is 11.6. The van der Waals surface area contributed by atoms with E-state index in [1.165, 1.54) is 28.0 Å². The zero-order chi connectivity index (χ0) is 21.8. The fourth-order valence-corrected chi connectivity index (χ4v) is 4.03. The molecule has 1 aromatic heterocycles. The third kappa shape index (κ3) is 4.25. The molecule has 0 amide bonds. The van der Waals surface area contributed by atoms with Gasteiger partial charge >= 0.3 is 0 Å². The van der Waals surface area contributed by atoms with Crippen molar-refractivity contribution in [2.45, 2.75) is 47.2 Å². The lowest BCUT2D eigenvalue weighted by Crippen LogP contribution is -2.34. The molecule has 30 heavy (non-hydrogen) atoms. The number of benzene rings is 1. The largest absolute Gasteiger partial charge is 0.380 e. The highest BCUT2D eigenvalue weighted by Crippen LogP contribution is 2.41. The lowest BCUT2D eigenvalue weighted by molar-refractivity contribution is 0.321. The van der Waals surface area contributed by atoms with Gasteiger partial charge in [0.15, 0.2) is 0 Å². The Labute approximate surface area is 181 Å². The van der Waals surface area contributed by atoms with Crippen LogP contribution in [0.4, 0.5) is 0 Å². The summed E-state index contributed by atoms with van der Waals surface area (Å²) in [6.07, 6.45) is 1.07. The van der Waals surface area contributed by atoms with Crippen molar-refractivity contribution >= 4 is 5.70 Å². The quantitative estimate of drug-likeness (QED) is 0.675. The van der Waals surface area contributed by atoms with E-state index in [9.17, 15) is 0 Å². The molecule has 0 atom stereocenters. The maximum absolute atomic E-state index is 4.53. The van der Waals surface area contributed by atoms with Crippen LogP contribution >= 0.6 is 0 Å². The van der Waals surface area contributed by atoms with Gasteiger partial charge in [-0.05, 0) is 65.8 Å². The van der Waals surface area contributed by atoms with E-state index >= 15 is 0 Å². The standard InChI is InChI=1S/C25H27N3.C2H6/c1-16-7-6-8-24(27-16)20(5)26-14-21-9-10-22-11-12-28(15-23(22)13-21)25-18(3)17(2)19(25)4;1-2/h6-10,13,26H,2-3,5,11-12,14-15H2,1,4H3;1-2H3. The van der Waals surface area contributed by atoms with Crippen molar-refractivity contribution in [3.8, 4) is 0 Å². The minimum atomic E-state index is 0.743. The topological polar surface area (TPSA) is 28.2 Å². The summed E-state index contributed by atoms with van der Waals surface area (Å²) in [5, 5.41) is 3.42. The SMILES string of the molecule is C=C1C(=C)C(N2CCc3ccc(CNC(=C)c4cccc(C)n4)cc3C2)=C1C.CC. The van der Waals surface area contributed by atoms with E-state index in [1.54, 1.807) is 0 Å². The summed E-state index contributed by atoms with van der Waals surface area (Å²) < 4.78 is 0.